The summed E-state index contributed by atoms with van der Waals surface area (Å²) in [5, 5.41) is 13.9. The van der Waals surface area contributed by atoms with Crippen LogP contribution in [0.3, 0.4) is 0 Å². The molecule has 0 saturated carbocycles. The standard InChI is InChI=1S/C60H117N2O6P/c1-6-8-10-12-14-16-18-20-22-23-24-25-26-27-28-29-30-31-32-33-34-35-36-37-38-39-40-42-44-46-48-50-52-54-60(64)61-58(57-68-69(65,66)67-56-55-62(3,4)5)59(63)53-51-49-47-45-43-41-21-19-17-15-13-11-9-7-2/h23-24,43,45,51,53,58-59,63H,6-22,25-42,44,46-50,52,54-57H2,1-5H3,(H-,61,64,65,66)/p+1/b24-23-,45-43+,53-51+. The number of likely N-dealkylation sites (N-methyl/N-ethyl adjacent to an activating group) is 1. The van der Waals surface area contributed by atoms with E-state index in [1.165, 1.54) is 231 Å². The van der Waals surface area contributed by atoms with Crippen LogP contribution in [0.15, 0.2) is 36.5 Å². The molecule has 408 valence electrons. The number of carbonyl (C=O) groups excluding carboxylic acids is 1. The number of phosphoric ester groups is 1. The molecule has 0 aromatic rings. The zero-order chi connectivity index (χ0) is 50.6. The fraction of sp³-hybridized carbons (Fsp3) is 0.883. The van der Waals surface area contributed by atoms with Crippen molar-refractivity contribution >= 4 is 13.7 Å². The first-order chi connectivity index (χ1) is 33.5. The molecule has 69 heavy (non-hydrogen) atoms. The Morgan fingerprint density at radius 3 is 1.16 bits per heavy atom. The van der Waals surface area contributed by atoms with Crippen LogP contribution in [-0.2, 0) is 18.4 Å². The number of unbranched alkanes of at least 4 members (excludes halogenated alkanes) is 38. The second kappa shape index (κ2) is 51.6. The summed E-state index contributed by atoms with van der Waals surface area (Å²) in [6, 6.07) is -0.861. The number of aliphatic hydroxyl groups is 1. The van der Waals surface area contributed by atoms with Gasteiger partial charge in [-0.2, -0.15) is 0 Å². The summed E-state index contributed by atoms with van der Waals surface area (Å²) in [5.41, 5.74) is 0. The maximum Gasteiger partial charge on any atom is 0.472 e. The molecule has 8 nitrogen and oxygen atoms in total. The van der Waals surface area contributed by atoms with Gasteiger partial charge in [0.1, 0.15) is 13.2 Å². The molecule has 0 aromatic heterocycles. The Bertz CT molecular complexity index is 1220. The predicted octanol–water partition coefficient (Wildman–Crippen LogP) is 18.2. The van der Waals surface area contributed by atoms with Crippen LogP contribution in [0.2, 0.25) is 0 Å². The van der Waals surface area contributed by atoms with Crippen molar-refractivity contribution in [3.05, 3.63) is 36.5 Å². The average molecular weight is 995 g/mol. The van der Waals surface area contributed by atoms with Gasteiger partial charge in [0.15, 0.2) is 0 Å². The summed E-state index contributed by atoms with van der Waals surface area (Å²) in [6.45, 7) is 4.81. The zero-order valence-electron chi connectivity index (χ0n) is 46.6. The first-order valence-electron chi connectivity index (χ1n) is 29.9. The van der Waals surface area contributed by atoms with Gasteiger partial charge >= 0.3 is 7.82 Å². The zero-order valence-corrected chi connectivity index (χ0v) is 47.5. The van der Waals surface area contributed by atoms with Gasteiger partial charge in [-0.3, -0.25) is 13.8 Å². The van der Waals surface area contributed by atoms with Crippen LogP contribution in [0.5, 0.6) is 0 Å². The molecule has 3 unspecified atom stereocenters. The van der Waals surface area contributed by atoms with Gasteiger partial charge < -0.3 is 19.8 Å². The Morgan fingerprint density at radius 1 is 0.478 bits per heavy atom. The fourth-order valence-corrected chi connectivity index (χ4v) is 9.61. The largest absolute Gasteiger partial charge is 0.472 e. The molecule has 3 atom stereocenters. The van der Waals surface area contributed by atoms with E-state index in [-0.39, 0.29) is 19.1 Å². The van der Waals surface area contributed by atoms with E-state index in [1.807, 2.05) is 27.2 Å². The van der Waals surface area contributed by atoms with Gasteiger partial charge in [0, 0.05) is 6.42 Å². The third-order valence-electron chi connectivity index (χ3n) is 13.6. The van der Waals surface area contributed by atoms with Crippen LogP contribution in [0, 0.1) is 0 Å². The first kappa shape index (κ1) is 67.7. The molecule has 0 aromatic carbocycles. The van der Waals surface area contributed by atoms with E-state index >= 15 is 0 Å². The number of hydrogen-bond acceptors (Lipinski definition) is 5. The Balaban J connectivity index is 4.01. The van der Waals surface area contributed by atoms with Gasteiger partial charge in [-0.05, 0) is 57.8 Å². The summed E-state index contributed by atoms with van der Waals surface area (Å²) in [6.07, 6.45) is 67.0. The van der Waals surface area contributed by atoms with Crippen molar-refractivity contribution in [3.8, 4) is 0 Å². The van der Waals surface area contributed by atoms with Crippen molar-refractivity contribution in [2.45, 2.75) is 302 Å². The highest BCUT2D eigenvalue weighted by molar-refractivity contribution is 7.47. The van der Waals surface area contributed by atoms with E-state index in [2.05, 4.69) is 43.5 Å². The van der Waals surface area contributed by atoms with Crippen LogP contribution < -0.4 is 5.32 Å². The number of carbonyl (C=O) groups is 1. The van der Waals surface area contributed by atoms with Crippen molar-refractivity contribution in [3.63, 3.8) is 0 Å². The summed E-state index contributed by atoms with van der Waals surface area (Å²) >= 11 is 0. The van der Waals surface area contributed by atoms with E-state index < -0.39 is 20.0 Å². The van der Waals surface area contributed by atoms with Crippen molar-refractivity contribution in [2.75, 3.05) is 40.9 Å². The number of nitrogens with zero attached hydrogens (tertiary/aromatic N) is 1. The van der Waals surface area contributed by atoms with Gasteiger partial charge in [-0.1, -0.05) is 262 Å². The van der Waals surface area contributed by atoms with E-state index in [9.17, 15) is 19.4 Å². The lowest BCUT2D eigenvalue weighted by molar-refractivity contribution is -0.870. The molecule has 0 fully saturated rings. The quantitative estimate of drug-likeness (QED) is 0.0243. The molecule has 1 amide bonds. The summed E-state index contributed by atoms with van der Waals surface area (Å²) < 4.78 is 23.7. The SMILES string of the molecule is CCCCCCCCCC/C=C\CCCCCCCCCCCCCCCCCCCCCCCC(=O)NC(COP(=O)(O)OCC[N+](C)(C)C)C(O)/C=C/CC/C=C/CCCCCCCCCC. The van der Waals surface area contributed by atoms with E-state index in [0.29, 0.717) is 17.4 Å². The highest BCUT2D eigenvalue weighted by atomic mass is 31.2. The molecule has 0 aliphatic heterocycles. The number of aliphatic hydroxyl groups excluding tert-OH is 1. The third kappa shape index (κ3) is 54.3. The van der Waals surface area contributed by atoms with Gasteiger partial charge in [0.2, 0.25) is 5.91 Å². The molecular formula is C60H118N2O6P+. The second-order valence-electron chi connectivity index (χ2n) is 21.7. The number of amides is 1. The van der Waals surface area contributed by atoms with Crippen molar-refractivity contribution in [2.24, 2.45) is 0 Å². The van der Waals surface area contributed by atoms with Gasteiger partial charge in [-0.15, -0.1) is 0 Å². The topological polar surface area (TPSA) is 105 Å². The van der Waals surface area contributed by atoms with E-state index in [4.69, 9.17) is 9.05 Å². The van der Waals surface area contributed by atoms with Crippen LogP contribution in [-0.4, -0.2) is 73.4 Å². The molecule has 9 heteroatoms. The molecule has 0 radical (unpaired) electrons. The fourth-order valence-electron chi connectivity index (χ4n) is 8.88. The lowest BCUT2D eigenvalue weighted by Crippen LogP contribution is -2.45. The van der Waals surface area contributed by atoms with Crippen molar-refractivity contribution < 1.29 is 32.9 Å². The van der Waals surface area contributed by atoms with E-state index in [0.717, 1.165) is 38.5 Å². The Kier molecular flexibility index (Phi) is 50.7. The third-order valence-corrected chi connectivity index (χ3v) is 14.6. The maximum atomic E-state index is 13.0. The van der Waals surface area contributed by atoms with Gasteiger partial charge in [-0.25, -0.2) is 4.57 Å². The highest BCUT2D eigenvalue weighted by Crippen LogP contribution is 2.43. The number of quaternary nitrogens is 1. The average Bonchev–Trinajstić information content (AvgIpc) is 3.31. The lowest BCUT2D eigenvalue weighted by atomic mass is 10.0. The molecule has 0 bridgehead atoms. The molecule has 0 spiro atoms. The first-order valence-corrected chi connectivity index (χ1v) is 31.4. The Labute approximate surface area is 429 Å². The number of phosphoric acid groups is 1. The number of allylic oxidation sites excluding steroid dienone is 5. The normalized spacial score (nSPS) is 14.1. The van der Waals surface area contributed by atoms with Crippen LogP contribution in [0.1, 0.15) is 290 Å². The van der Waals surface area contributed by atoms with Crippen LogP contribution >= 0.6 is 7.82 Å². The minimum Gasteiger partial charge on any atom is -0.387 e. The van der Waals surface area contributed by atoms with Crippen LogP contribution in [0.25, 0.3) is 0 Å². The Hall–Kier alpha value is -1.28. The molecule has 3 N–H and O–H groups in total. The molecule has 0 rings (SSSR count). The van der Waals surface area contributed by atoms with Crippen molar-refractivity contribution in [1.29, 1.82) is 0 Å². The highest BCUT2D eigenvalue weighted by Gasteiger charge is 2.27. The number of nitrogens with one attached hydrogen (secondary N) is 1. The maximum absolute atomic E-state index is 13.0. The number of hydrogen-bond donors (Lipinski definition) is 3. The summed E-state index contributed by atoms with van der Waals surface area (Å²) in [7, 11) is 1.56. The molecule has 0 aliphatic rings. The van der Waals surface area contributed by atoms with E-state index in [1.54, 1.807) is 6.08 Å². The minimum atomic E-state index is -4.35. The lowest BCUT2D eigenvalue weighted by Gasteiger charge is -2.25. The van der Waals surface area contributed by atoms with Gasteiger partial charge in [0.25, 0.3) is 0 Å². The summed E-state index contributed by atoms with van der Waals surface area (Å²) in [4.78, 5) is 23.3. The van der Waals surface area contributed by atoms with Crippen LogP contribution in [0.4, 0.5) is 0 Å². The van der Waals surface area contributed by atoms with Crippen molar-refractivity contribution in [1.82, 2.24) is 5.32 Å². The molecule has 0 aliphatic carbocycles. The molecular weight excluding hydrogens is 876 g/mol. The minimum absolute atomic E-state index is 0.0576. The molecule has 0 saturated heterocycles. The predicted molar refractivity (Wildman–Crippen MR) is 300 cm³/mol. The smallest absolute Gasteiger partial charge is 0.387 e. The monoisotopic (exact) mass is 994 g/mol. The number of rotatable bonds is 55. The summed E-state index contributed by atoms with van der Waals surface area (Å²) in [5.74, 6) is -0.183. The van der Waals surface area contributed by atoms with Gasteiger partial charge in [0.05, 0.1) is 39.9 Å². The Morgan fingerprint density at radius 2 is 0.797 bits per heavy atom. The second-order valence-corrected chi connectivity index (χ2v) is 23.2. The molecule has 0 heterocycles.